The van der Waals surface area contributed by atoms with Gasteiger partial charge >= 0.3 is 0 Å². The van der Waals surface area contributed by atoms with E-state index >= 15 is 0 Å². The van der Waals surface area contributed by atoms with Gasteiger partial charge in [0.15, 0.2) is 23.5 Å². The van der Waals surface area contributed by atoms with Crippen LogP contribution in [0.5, 0.6) is 0 Å². The number of benzene rings is 2. The molecule has 2 saturated heterocycles. The molecular formula is C38H42N4O6. The molecule has 2 aromatic carbocycles. The van der Waals surface area contributed by atoms with Crippen LogP contribution in [0.2, 0.25) is 0 Å². The summed E-state index contributed by atoms with van der Waals surface area (Å²) >= 11 is 0. The molecule has 10 heteroatoms. The first-order valence-electron chi connectivity index (χ1n) is 16.6. The van der Waals surface area contributed by atoms with Crippen LogP contribution in [0, 0.1) is 12.3 Å². The first-order chi connectivity index (χ1) is 23.4. The quantitative estimate of drug-likeness (QED) is 0.196. The molecular weight excluding hydrogens is 608 g/mol. The molecule has 250 valence electrons. The molecule has 2 spiro atoms. The van der Waals surface area contributed by atoms with Crippen molar-refractivity contribution < 1.29 is 28.6 Å². The van der Waals surface area contributed by atoms with E-state index in [9.17, 15) is 14.4 Å². The summed E-state index contributed by atoms with van der Waals surface area (Å²) in [5, 5.41) is 0. The van der Waals surface area contributed by atoms with E-state index in [2.05, 4.69) is 17.0 Å². The lowest BCUT2D eigenvalue weighted by Crippen LogP contribution is -2.69. The molecule has 0 aromatic heterocycles. The number of hydrogen-bond acceptors (Lipinski definition) is 8. The fourth-order valence-corrected chi connectivity index (χ4v) is 7.38. The Kier molecular flexibility index (Phi) is 9.90. The van der Waals surface area contributed by atoms with Gasteiger partial charge in [0.1, 0.15) is 12.8 Å². The van der Waals surface area contributed by atoms with Gasteiger partial charge in [-0.05, 0) is 50.7 Å². The number of rotatable bonds is 5. The van der Waals surface area contributed by atoms with E-state index in [1.54, 1.807) is 7.11 Å². The molecule has 2 unspecified atom stereocenters. The van der Waals surface area contributed by atoms with Crippen molar-refractivity contribution >= 4 is 29.7 Å². The summed E-state index contributed by atoms with van der Waals surface area (Å²) in [5.41, 5.74) is 2.73. The van der Waals surface area contributed by atoms with Crippen LogP contribution in [0.4, 0.5) is 0 Å². The summed E-state index contributed by atoms with van der Waals surface area (Å²) in [5.74, 6) is 3.18. The molecule has 0 N–H and O–H groups in total. The van der Waals surface area contributed by atoms with E-state index < -0.39 is 11.1 Å². The summed E-state index contributed by atoms with van der Waals surface area (Å²) in [6.45, 7) is 3.14. The average molecular weight is 651 g/mol. The highest BCUT2D eigenvalue weighted by Crippen LogP contribution is 2.54. The van der Waals surface area contributed by atoms with Gasteiger partial charge in [-0.3, -0.25) is 19.5 Å². The molecule has 9 rings (SSSR count). The SMILES string of the molecule is C#CCCCC=O.CC1=NCC(=O)N2[C@@H](c3ccccc3)OC[C@@H]12.COC1=NC23CCCCC2=CC12CO[C@H](c1ccccc1)N2C3=O. The number of dihydropyridines is 1. The second-order valence-corrected chi connectivity index (χ2v) is 12.7. The van der Waals surface area contributed by atoms with Crippen LogP contribution in [0.3, 0.4) is 0 Å². The summed E-state index contributed by atoms with van der Waals surface area (Å²) in [6.07, 6.45) is 13.4. The van der Waals surface area contributed by atoms with Gasteiger partial charge < -0.3 is 23.9 Å². The van der Waals surface area contributed by atoms with Crippen LogP contribution >= 0.6 is 0 Å². The third kappa shape index (κ3) is 5.86. The maximum atomic E-state index is 13.5. The van der Waals surface area contributed by atoms with E-state index in [4.69, 9.17) is 25.6 Å². The first kappa shape index (κ1) is 33.3. The average Bonchev–Trinajstić information content (AvgIpc) is 3.76. The monoisotopic (exact) mass is 650 g/mol. The van der Waals surface area contributed by atoms with Crippen molar-refractivity contribution in [1.82, 2.24) is 9.80 Å². The number of terminal acetylenes is 1. The highest BCUT2D eigenvalue weighted by Gasteiger charge is 2.67. The Balaban J connectivity index is 0.000000146. The molecule has 6 heterocycles. The van der Waals surface area contributed by atoms with Gasteiger partial charge in [0.2, 0.25) is 11.8 Å². The number of aldehydes is 1. The number of ether oxygens (including phenoxy) is 3. The topological polar surface area (TPSA) is 110 Å². The first-order valence-corrected chi connectivity index (χ1v) is 16.6. The number of nitrogens with zero attached hydrogens (tertiary/aromatic N) is 4. The smallest absolute Gasteiger partial charge is 0.258 e. The number of hydrogen-bond donors (Lipinski definition) is 0. The zero-order valence-corrected chi connectivity index (χ0v) is 27.5. The summed E-state index contributed by atoms with van der Waals surface area (Å²) in [7, 11) is 1.64. The van der Waals surface area contributed by atoms with Crippen LogP contribution < -0.4 is 0 Å². The molecule has 48 heavy (non-hydrogen) atoms. The van der Waals surface area contributed by atoms with Crippen LogP contribution in [0.25, 0.3) is 0 Å². The maximum absolute atomic E-state index is 13.5. The fraction of sp³-hybridized carbons (Fsp3) is 0.447. The van der Waals surface area contributed by atoms with Gasteiger partial charge in [-0.2, -0.15) is 0 Å². The molecule has 2 amide bonds. The highest BCUT2D eigenvalue weighted by atomic mass is 16.5. The Hall–Kier alpha value is -4.59. The Labute approximate surface area is 281 Å². The van der Waals surface area contributed by atoms with Gasteiger partial charge in [0.25, 0.3) is 5.91 Å². The van der Waals surface area contributed by atoms with Crippen molar-refractivity contribution in [3.63, 3.8) is 0 Å². The third-order valence-corrected chi connectivity index (χ3v) is 9.78. The van der Waals surface area contributed by atoms with E-state index in [1.165, 1.54) is 0 Å². The number of unbranched alkanes of at least 4 members (excludes halogenated alkanes) is 2. The van der Waals surface area contributed by atoms with Crippen molar-refractivity contribution in [3.8, 4) is 12.3 Å². The predicted octanol–water partition coefficient (Wildman–Crippen LogP) is 4.97. The van der Waals surface area contributed by atoms with Crippen molar-refractivity contribution in [3.05, 3.63) is 83.4 Å². The number of carbonyl (C=O) groups is 3. The zero-order chi connectivity index (χ0) is 33.7. The van der Waals surface area contributed by atoms with Crippen molar-refractivity contribution in [1.29, 1.82) is 0 Å². The minimum Gasteiger partial charge on any atom is -0.482 e. The normalized spacial score (nSPS) is 29.4. The molecule has 3 fully saturated rings. The van der Waals surface area contributed by atoms with E-state index in [1.807, 2.05) is 77.4 Å². The lowest BCUT2D eigenvalue weighted by atomic mass is 9.68. The van der Waals surface area contributed by atoms with Crippen LogP contribution in [0.1, 0.15) is 75.5 Å². The van der Waals surface area contributed by atoms with Crippen LogP contribution in [0.15, 0.2) is 82.3 Å². The Morgan fingerprint density at radius 3 is 2.42 bits per heavy atom. The van der Waals surface area contributed by atoms with Gasteiger partial charge in [-0.25, -0.2) is 4.99 Å². The second kappa shape index (κ2) is 14.3. The number of amides is 2. The predicted molar refractivity (Wildman–Crippen MR) is 181 cm³/mol. The molecule has 2 bridgehead atoms. The lowest BCUT2D eigenvalue weighted by molar-refractivity contribution is -0.147. The summed E-state index contributed by atoms with van der Waals surface area (Å²) in [4.78, 5) is 47.8. The van der Waals surface area contributed by atoms with E-state index in [0.29, 0.717) is 25.5 Å². The molecule has 5 atom stereocenters. The number of aliphatic imine (C=N–C) groups is 2. The van der Waals surface area contributed by atoms with Crippen molar-refractivity contribution in [2.75, 3.05) is 26.9 Å². The zero-order valence-electron chi connectivity index (χ0n) is 27.5. The van der Waals surface area contributed by atoms with Crippen molar-refractivity contribution in [2.45, 2.75) is 81.4 Å². The number of methoxy groups -OCH3 is 1. The molecule has 2 aromatic rings. The standard InChI is InChI=1S/C19H20N2O3.C13H14N2O2.C6H8O/c1-23-16-18-11-14-9-5-6-10-19(14,20-16)17(22)21(18)15(24-12-18)13-7-3-2-4-8-13;1-9-11-8-17-13(10-5-3-2-4-6-10)15(11)12(16)7-14-9;1-2-3-4-5-6-7/h2-4,7-8,11,15H,5-6,9-10,12H2,1H3;2-6,11,13H,7-8H2,1H3;1,6H,3-5H2/t15-,18?,19?;11-,13+;/m10./s1. The minimum absolute atomic E-state index is 0.0152. The summed E-state index contributed by atoms with van der Waals surface area (Å²) < 4.78 is 17.5. The van der Waals surface area contributed by atoms with Crippen LogP contribution in [-0.4, -0.2) is 83.5 Å². The third-order valence-electron chi connectivity index (χ3n) is 9.78. The molecule has 0 radical (unpaired) electrons. The molecule has 1 aliphatic carbocycles. The van der Waals surface area contributed by atoms with Crippen molar-refractivity contribution in [2.24, 2.45) is 9.98 Å². The number of fused-ring (bicyclic) bond motifs is 1. The lowest BCUT2D eigenvalue weighted by Gasteiger charge is -2.53. The van der Waals surface area contributed by atoms with Crippen LogP contribution in [-0.2, 0) is 28.6 Å². The molecule has 1 saturated carbocycles. The van der Waals surface area contributed by atoms with E-state index in [0.717, 1.165) is 67.2 Å². The fourth-order valence-electron chi connectivity index (χ4n) is 7.38. The van der Waals surface area contributed by atoms with Gasteiger partial charge in [-0.15, -0.1) is 12.3 Å². The molecule has 7 aliphatic rings. The molecule has 6 aliphatic heterocycles. The second-order valence-electron chi connectivity index (χ2n) is 12.7. The molecule has 10 nitrogen and oxygen atoms in total. The van der Waals surface area contributed by atoms with E-state index in [-0.39, 0.29) is 36.9 Å². The Morgan fingerprint density at radius 1 is 1.04 bits per heavy atom. The highest BCUT2D eigenvalue weighted by molar-refractivity contribution is 6.07. The minimum atomic E-state index is -0.758. The van der Waals surface area contributed by atoms with Gasteiger partial charge in [-0.1, -0.05) is 60.7 Å². The van der Waals surface area contributed by atoms with Gasteiger partial charge in [0.05, 0.1) is 26.4 Å². The largest absolute Gasteiger partial charge is 0.482 e. The Morgan fingerprint density at radius 2 is 1.75 bits per heavy atom. The van der Waals surface area contributed by atoms with Gasteiger partial charge in [0, 0.05) is 29.7 Å². The Bertz CT molecular complexity index is 1650. The maximum Gasteiger partial charge on any atom is 0.258 e. The summed E-state index contributed by atoms with van der Waals surface area (Å²) in [6, 6.07) is 19.8. The number of carbonyl (C=O) groups excluding carboxylic acids is 3.